The summed E-state index contributed by atoms with van der Waals surface area (Å²) in [6.07, 6.45) is -1.66. The Labute approximate surface area is 194 Å². The maximum absolute atomic E-state index is 12.8. The summed E-state index contributed by atoms with van der Waals surface area (Å²) in [5.41, 5.74) is 0.457. The van der Waals surface area contributed by atoms with Crippen molar-refractivity contribution in [2.24, 2.45) is 5.92 Å². The Morgan fingerprint density at radius 1 is 1.12 bits per heavy atom. The van der Waals surface area contributed by atoms with Gasteiger partial charge in [0, 0.05) is 11.9 Å². The zero-order valence-electron chi connectivity index (χ0n) is 19.0. The molecular weight excluding hydrogens is 451 g/mol. The number of nitrogens with zero attached hydrogens (tertiary/aromatic N) is 6. The highest BCUT2D eigenvalue weighted by Gasteiger charge is 2.38. The number of anilines is 2. The van der Waals surface area contributed by atoms with Gasteiger partial charge in [0.15, 0.2) is 0 Å². The van der Waals surface area contributed by atoms with E-state index in [-0.39, 0.29) is 36.5 Å². The Morgan fingerprint density at radius 2 is 1.82 bits per heavy atom. The first-order valence-electron chi connectivity index (χ1n) is 10.7. The van der Waals surface area contributed by atoms with E-state index in [4.69, 9.17) is 4.74 Å². The van der Waals surface area contributed by atoms with E-state index < -0.39 is 17.8 Å². The molecule has 1 aliphatic rings. The predicted octanol–water partition coefficient (Wildman–Crippen LogP) is 4.54. The number of aryl methyl sites for hydroxylation is 1. The molecule has 34 heavy (non-hydrogen) atoms. The molecule has 180 valence electrons. The largest absolute Gasteiger partial charge is 0.447 e. The van der Waals surface area contributed by atoms with Crippen LogP contribution in [0.1, 0.15) is 43.9 Å². The summed E-state index contributed by atoms with van der Waals surface area (Å²) in [5, 5.41) is 3.15. The standard InChI is InChI=1S/C22H24F3N7O2/c1-12(2)18-10-34-21(33)32(18)20-29-14(4)28-19(30-20)27-13(3)17-9-31(11-26-17)16-7-5-15(6-8-16)22(23,24)25/h5-9,11-13,18H,10H2,1-4H3,(H,27,28,29,30)/t13-,18?/m0/s1. The van der Waals surface area contributed by atoms with E-state index in [2.05, 4.69) is 25.3 Å². The van der Waals surface area contributed by atoms with Gasteiger partial charge in [-0.25, -0.2) is 14.7 Å². The Kier molecular flexibility index (Phi) is 6.15. The van der Waals surface area contributed by atoms with E-state index in [0.29, 0.717) is 17.2 Å². The van der Waals surface area contributed by atoms with Gasteiger partial charge in [0.05, 0.1) is 29.7 Å². The fourth-order valence-corrected chi connectivity index (χ4v) is 3.59. The molecule has 1 unspecified atom stereocenters. The van der Waals surface area contributed by atoms with E-state index in [1.165, 1.54) is 23.4 Å². The third-order valence-electron chi connectivity index (χ3n) is 5.51. The molecule has 0 aliphatic carbocycles. The maximum atomic E-state index is 12.8. The van der Waals surface area contributed by atoms with Crippen molar-refractivity contribution in [3.8, 4) is 5.69 Å². The number of ether oxygens (including phenoxy) is 1. The topological polar surface area (TPSA) is 98.1 Å². The van der Waals surface area contributed by atoms with Gasteiger partial charge in [0.25, 0.3) is 0 Å². The SMILES string of the molecule is Cc1nc(N[C@@H](C)c2cn(-c3ccc(C(F)(F)F)cc3)cn2)nc(N2C(=O)OCC2C(C)C)n1. The van der Waals surface area contributed by atoms with Gasteiger partial charge < -0.3 is 14.6 Å². The maximum Gasteiger partial charge on any atom is 0.417 e. The van der Waals surface area contributed by atoms with Gasteiger partial charge in [-0.15, -0.1) is 0 Å². The average Bonchev–Trinajstić information content (AvgIpc) is 3.40. The number of carbonyl (C=O) groups excluding carboxylic acids is 1. The molecule has 1 amide bonds. The number of hydrogen-bond donors (Lipinski definition) is 1. The van der Waals surface area contributed by atoms with E-state index in [1.54, 1.807) is 17.7 Å². The zero-order valence-corrected chi connectivity index (χ0v) is 19.0. The Hall–Kier alpha value is -3.70. The molecular formula is C22H24F3N7O2. The van der Waals surface area contributed by atoms with Gasteiger partial charge in [0.1, 0.15) is 12.4 Å². The van der Waals surface area contributed by atoms with Crippen LogP contribution in [0, 0.1) is 12.8 Å². The first-order chi connectivity index (χ1) is 16.0. The Bertz CT molecular complexity index is 1180. The monoisotopic (exact) mass is 475 g/mol. The molecule has 1 aliphatic heterocycles. The molecule has 3 aromatic rings. The number of cyclic esters (lactones) is 1. The molecule has 2 atom stereocenters. The number of carbonyl (C=O) groups is 1. The van der Waals surface area contributed by atoms with Gasteiger partial charge in [0.2, 0.25) is 11.9 Å². The lowest BCUT2D eigenvalue weighted by Gasteiger charge is -2.23. The smallest absolute Gasteiger partial charge is 0.417 e. The number of hydrogen-bond acceptors (Lipinski definition) is 7. The molecule has 0 bridgehead atoms. The lowest BCUT2D eigenvalue weighted by atomic mass is 10.1. The number of aromatic nitrogens is 5. The minimum Gasteiger partial charge on any atom is -0.447 e. The quantitative estimate of drug-likeness (QED) is 0.559. The number of alkyl halides is 3. The molecule has 12 heteroatoms. The normalized spacial score (nSPS) is 17.2. The van der Waals surface area contributed by atoms with Gasteiger partial charge >= 0.3 is 12.3 Å². The highest BCUT2D eigenvalue weighted by atomic mass is 19.4. The second-order valence-electron chi connectivity index (χ2n) is 8.38. The summed E-state index contributed by atoms with van der Waals surface area (Å²) >= 11 is 0. The number of nitrogens with one attached hydrogen (secondary N) is 1. The van der Waals surface area contributed by atoms with Crippen LogP contribution in [0.4, 0.5) is 29.9 Å². The van der Waals surface area contributed by atoms with Crippen molar-refractivity contribution in [3.63, 3.8) is 0 Å². The number of imidazole rings is 1. The third kappa shape index (κ3) is 4.80. The lowest BCUT2D eigenvalue weighted by molar-refractivity contribution is -0.137. The summed E-state index contributed by atoms with van der Waals surface area (Å²) in [6, 6.07) is 4.30. The van der Waals surface area contributed by atoms with Crippen molar-refractivity contribution in [3.05, 3.63) is 53.9 Å². The second kappa shape index (κ2) is 8.92. The minimum atomic E-state index is -4.39. The van der Waals surface area contributed by atoms with Crippen LogP contribution in [-0.4, -0.2) is 43.2 Å². The highest BCUT2D eigenvalue weighted by molar-refractivity contribution is 5.88. The van der Waals surface area contributed by atoms with Gasteiger partial charge in [-0.1, -0.05) is 13.8 Å². The van der Waals surface area contributed by atoms with E-state index in [1.807, 2.05) is 20.8 Å². The molecule has 2 aromatic heterocycles. The fraction of sp³-hybridized carbons (Fsp3) is 0.409. The van der Waals surface area contributed by atoms with Crippen LogP contribution >= 0.6 is 0 Å². The molecule has 1 saturated heterocycles. The van der Waals surface area contributed by atoms with E-state index in [9.17, 15) is 18.0 Å². The first-order valence-corrected chi connectivity index (χ1v) is 10.7. The number of benzene rings is 1. The van der Waals surface area contributed by atoms with E-state index in [0.717, 1.165) is 12.1 Å². The zero-order chi connectivity index (χ0) is 24.6. The van der Waals surface area contributed by atoms with Crippen molar-refractivity contribution in [2.75, 3.05) is 16.8 Å². The number of rotatable bonds is 6. The fourth-order valence-electron chi connectivity index (χ4n) is 3.59. The first kappa shape index (κ1) is 23.5. The molecule has 1 N–H and O–H groups in total. The predicted molar refractivity (Wildman–Crippen MR) is 118 cm³/mol. The summed E-state index contributed by atoms with van der Waals surface area (Å²) in [7, 11) is 0. The molecule has 9 nitrogen and oxygen atoms in total. The van der Waals surface area contributed by atoms with Crippen molar-refractivity contribution in [1.29, 1.82) is 0 Å². The van der Waals surface area contributed by atoms with Gasteiger partial charge in [-0.2, -0.15) is 28.1 Å². The van der Waals surface area contributed by atoms with Crippen LogP contribution in [0.5, 0.6) is 0 Å². The van der Waals surface area contributed by atoms with Gasteiger partial charge in [-0.3, -0.25) is 0 Å². The summed E-state index contributed by atoms with van der Waals surface area (Å²) in [6.45, 7) is 7.79. The van der Waals surface area contributed by atoms with Crippen molar-refractivity contribution in [2.45, 2.75) is 46.0 Å². The molecule has 3 heterocycles. The van der Waals surface area contributed by atoms with Crippen LogP contribution in [0.25, 0.3) is 5.69 Å². The molecule has 1 aromatic carbocycles. The van der Waals surface area contributed by atoms with Crippen molar-refractivity contribution < 1.29 is 22.7 Å². The summed E-state index contributed by atoms with van der Waals surface area (Å²) in [4.78, 5) is 31.1. The molecule has 0 saturated carbocycles. The van der Waals surface area contributed by atoms with Crippen LogP contribution in [0.15, 0.2) is 36.8 Å². The Morgan fingerprint density at radius 3 is 2.47 bits per heavy atom. The second-order valence-corrected chi connectivity index (χ2v) is 8.38. The van der Waals surface area contributed by atoms with Gasteiger partial charge in [-0.05, 0) is 44.0 Å². The number of amides is 1. The minimum absolute atomic E-state index is 0.146. The summed E-state index contributed by atoms with van der Waals surface area (Å²) < 4.78 is 45.2. The average molecular weight is 475 g/mol. The van der Waals surface area contributed by atoms with Crippen LogP contribution < -0.4 is 10.2 Å². The third-order valence-corrected chi connectivity index (χ3v) is 5.51. The van der Waals surface area contributed by atoms with E-state index >= 15 is 0 Å². The van der Waals surface area contributed by atoms with Crippen molar-refractivity contribution >= 4 is 18.0 Å². The molecule has 0 spiro atoms. The van der Waals surface area contributed by atoms with Crippen LogP contribution in [0.2, 0.25) is 0 Å². The van der Waals surface area contributed by atoms with Crippen molar-refractivity contribution in [1.82, 2.24) is 24.5 Å². The Balaban J connectivity index is 1.52. The molecule has 4 rings (SSSR count). The number of halogens is 3. The summed E-state index contributed by atoms with van der Waals surface area (Å²) in [5.74, 6) is 1.05. The highest BCUT2D eigenvalue weighted by Crippen LogP contribution is 2.30. The lowest BCUT2D eigenvalue weighted by Crippen LogP contribution is -2.38. The molecule has 0 radical (unpaired) electrons. The van der Waals surface area contributed by atoms with Crippen LogP contribution in [-0.2, 0) is 10.9 Å². The van der Waals surface area contributed by atoms with Crippen LogP contribution in [0.3, 0.4) is 0 Å². The molecule has 1 fully saturated rings.